The number of unbranched alkanes of at least 4 members (excludes halogenated alkanes) is 2. The summed E-state index contributed by atoms with van der Waals surface area (Å²) in [7, 11) is 0. The second kappa shape index (κ2) is 7.78. The lowest BCUT2D eigenvalue weighted by atomic mass is 10.0. The molecule has 0 amide bonds. The van der Waals surface area contributed by atoms with Gasteiger partial charge in [0.1, 0.15) is 5.82 Å². The molecule has 0 spiro atoms. The fraction of sp³-hybridized carbons (Fsp3) is 0.444. The van der Waals surface area contributed by atoms with Gasteiger partial charge in [0.25, 0.3) is 5.56 Å². The molecule has 118 valence electrons. The van der Waals surface area contributed by atoms with Crippen LogP contribution in [0.15, 0.2) is 29.1 Å². The van der Waals surface area contributed by atoms with Crippen LogP contribution in [0.1, 0.15) is 50.7 Å². The fourth-order valence-corrected chi connectivity index (χ4v) is 2.51. The van der Waals surface area contributed by atoms with Crippen molar-refractivity contribution in [1.29, 1.82) is 0 Å². The third-order valence-corrected chi connectivity index (χ3v) is 3.79. The Hall–Kier alpha value is -2.10. The van der Waals surface area contributed by atoms with Gasteiger partial charge in [0.2, 0.25) is 5.88 Å². The van der Waals surface area contributed by atoms with Crippen LogP contribution < -0.4 is 5.56 Å². The van der Waals surface area contributed by atoms with Crippen molar-refractivity contribution in [2.45, 2.75) is 52.4 Å². The lowest BCUT2D eigenvalue weighted by Gasteiger charge is -2.06. The molecule has 1 heterocycles. The smallest absolute Gasteiger partial charge is 0.258 e. The molecule has 4 heteroatoms. The van der Waals surface area contributed by atoms with Gasteiger partial charge in [-0.2, -0.15) is 4.98 Å². The number of benzene rings is 1. The van der Waals surface area contributed by atoms with Crippen molar-refractivity contribution in [3.63, 3.8) is 0 Å². The van der Waals surface area contributed by atoms with Crippen LogP contribution >= 0.6 is 0 Å². The van der Waals surface area contributed by atoms with Gasteiger partial charge in [-0.25, -0.2) is 0 Å². The van der Waals surface area contributed by atoms with Gasteiger partial charge in [-0.05, 0) is 24.8 Å². The molecular weight excluding hydrogens is 276 g/mol. The summed E-state index contributed by atoms with van der Waals surface area (Å²) in [5.41, 5.74) is 2.21. The van der Waals surface area contributed by atoms with Crippen LogP contribution in [0, 0.1) is 0 Å². The van der Waals surface area contributed by atoms with Gasteiger partial charge in [0, 0.05) is 5.56 Å². The lowest BCUT2D eigenvalue weighted by Crippen LogP contribution is -2.15. The first-order valence-electron chi connectivity index (χ1n) is 8.07. The summed E-state index contributed by atoms with van der Waals surface area (Å²) in [4.78, 5) is 18.9. The normalized spacial score (nSPS) is 10.8. The maximum atomic E-state index is 12.0. The Balaban J connectivity index is 2.20. The SMILES string of the molecule is CCCCCc1ccc(-c2nc(O)c(CCC)c(=O)[nH]2)cc1. The highest BCUT2D eigenvalue weighted by atomic mass is 16.3. The summed E-state index contributed by atoms with van der Waals surface area (Å²) >= 11 is 0. The van der Waals surface area contributed by atoms with Crippen LogP contribution in [0.5, 0.6) is 5.88 Å². The predicted molar refractivity (Wildman–Crippen MR) is 89.2 cm³/mol. The van der Waals surface area contributed by atoms with E-state index in [0.717, 1.165) is 18.4 Å². The first-order chi connectivity index (χ1) is 10.7. The average molecular weight is 300 g/mol. The van der Waals surface area contributed by atoms with Gasteiger partial charge in [0.15, 0.2) is 0 Å². The summed E-state index contributed by atoms with van der Waals surface area (Å²) in [6.45, 7) is 4.16. The number of aryl methyl sites for hydroxylation is 1. The fourth-order valence-electron chi connectivity index (χ4n) is 2.51. The maximum Gasteiger partial charge on any atom is 0.258 e. The van der Waals surface area contributed by atoms with Crippen LogP contribution in [0.25, 0.3) is 11.4 Å². The number of aromatic amines is 1. The minimum Gasteiger partial charge on any atom is -0.493 e. The van der Waals surface area contributed by atoms with E-state index in [4.69, 9.17) is 0 Å². The van der Waals surface area contributed by atoms with E-state index in [9.17, 15) is 9.90 Å². The summed E-state index contributed by atoms with van der Waals surface area (Å²) in [6, 6.07) is 8.00. The third kappa shape index (κ3) is 3.97. The number of hydrogen-bond acceptors (Lipinski definition) is 3. The molecule has 0 bridgehead atoms. The Morgan fingerprint density at radius 1 is 1.05 bits per heavy atom. The van der Waals surface area contributed by atoms with Crippen molar-refractivity contribution < 1.29 is 5.11 Å². The summed E-state index contributed by atoms with van der Waals surface area (Å²) < 4.78 is 0. The van der Waals surface area contributed by atoms with Gasteiger partial charge in [0.05, 0.1) is 5.56 Å². The second-order valence-electron chi connectivity index (χ2n) is 5.62. The van der Waals surface area contributed by atoms with E-state index in [1.807, 2.05) is 19.1 Å². The van der Waals surface area contributed by atoms with Gasteiger partial charge in [-0.15, -0.1) is 0 Å². The maximum absolute atomic E-state index is 12.0. The van der Waals surface area contributed by atoms with Crippen molar-refractivity contribution >= 4 is 0 Å². The molecule has 1 aromatic heterocycles. The third-order valence-electron chi connectivity index (χ3n) is 3.79. The van der Waals surface area contributed by atoms with Gasteiger partial charge in [-0.1, -0.05) is 57.4 Å². The van der Waals surface area contributed by atoms with E-state index < -0.39 is 0 Å². The van der Waals surface area contributed by atoms with Crippen molar-refractivity contribution in [3.8, 4) is 17.3 Å². The monoisotopic (exact) mass is 300 g/mol. The lowest BCUT2D eigenvalue weighted by molar-refractivity contribution is 0.443. The highest BCUT2D eigenvalue weighted by molar-refractivity contribution is 5.56. The topological polar surface area (TPSA) is 66.0 Å². The molecule has 2 rings (SSSR count). The molecule has 22 heavy (non-hydrogen) atoms. The standard InChI is InChI=1S/C18H24N2O2/c1-3-5-6-8-13-9-11-14(12-10-13)16-19-17(21)15(7-4-2)18(22)20-16/h9-12H,3-8H2,1-2H3,(H2,19,20,21,22). The Morgan fingerprint density at radius 2 is 1.77 bits per heavy atom. The molecule has 0 aliphatic heterocycles. The summed E-state index contributed by atoms with van der Waals surface area (Å²) in [5.74, 6) is 0.259. The Bertz CT molecular complexity index is 660. The van der Waals surface area contributed by atoms with Crippen LogP contribution in [-0.2, 0) is 12.8 Å². The van der Waals surface area contributed by atoms with E-state index in [-0.39, 0.29) is 11.4 Å². The quantitative estimate of drug-likeness (QED) is 0.764. The van der Waals surface area contributed by atoms with Gasteiger partial charge < -0.3 is 10.1 Å². The molecule has 0 radical (unpaired) electrons. The van der Waals surface area contributed by atoms with Crippen molar-refractivity contribution in [2.24, 2.45) is 0 Å². The number of nitrogens with zero attached hydrogens (tertiary/aromatic N) is 1. The Kier molecular flexibility index (Phi) is 5.75. The Morgan fingerprint density at radius 3 is 2.36 bits per heavy atom. The van der Waals surface area contributed by atoms with Crippen molar-refractivity contribution in [3.05, 3.63) is 45.7 Å². The summed E-state index contributed by atoms with van der Waals surface area (Å²) in [5, 5.41) is 9.93. The molecule has 2 aromatic rings. The molecular formula is C18H24N2O2. The predicted octanol–water partition coefficient (Wildman–Crippen LogP) is 3.83. The van der Waals surface area contributed by atoms with Gasteiger partial charge >= 0.3 is 0 Å². The molecule has 2 N–H and O–H groups in total. The van der Waals surface area contributed by atoms with Crippen molar-refractivity contribution in [2.75, 3.05) is 0 Å². The van der Waals surface area contributed by atoms with Crippen LogP contribution in [0.3, 0.4) is 0 Å². The van der Waals surface area contributed by atoms with E-state index >= 15 is 0 Å². The Labute approximate surface area is 131 Å². The molecule has 4 nitrogen and oxygen atoms in total. The molecule has 0 unspecified atom stereocenters. The number of aromatic hydroxyl groups is 1. The van der Waals surface area contributed by atoms with E-state index in [2.05, 4.69) is 29.0 Å². The van der Waals surface area contributed by atoms with Crippen LogP contribution in [0.4, 0.5) is 0 Å². The minimum atomic E-state index is -0.253. The first kappa shape index (κ1) is 16.3. The minimum absolute atomic E-state index is 0.160. The van der Waals surface area contributed by atoms with E-state index in [1.54, 1.807) is 0 Å². The largest absolute Gasteiger partial charge is 0.493 e. The molecule has 1 aromatic carbocycles. The van der Waals surface area contributed by atoms with E-state index in [0.29, 0.717) is 17.8 Å². The highest BCUT2D eigenvalue weighted by Crippen LogP contribution is 2.19. The molecule has 0 saturated heterocycles. The number of hydrogen-bond donors (Lipinski definition) is 2. The number of nitrogens with one attached hydrogen (secondary N) is 1. The first-order valence-corrected chi connectivity index (χ1v) is 8.07. The average Bonchev–Trinajstić information content (AvgIpc) is 2.52. The van der Waals surface area contributed by atoms with E-state index in [1.165, 1.54) is 24.8 Å². The number of rotatable bonds is 7. The molecule has 0 saturated carbocycles. The van der Waals surface area contributed by atoms with Crippen LogP contribution in [0.2, 0.25) is 0 Å². The highest BCUT2D eigenvalue weighted by Gasteiger charge is 2.11. The molecule has 0 aliphatic carbocycles. The number of H-pyrrole nitrogens is 1. The van der Waals surface area contributed by atoms with Crippen molar-refractivity contribution in [1.82, 2.24) is 9.97 Å². The summed E-state index contributed by atoms with van der Waals surface area (Å²) in [6.07, 6.45) is 6.04. The zero-order valence-electron chi connectivity index (χ0n) is 13.4. The molecule has 0 atom stereocenters. The zero-order valence-corrected chi connectivity index (χ0v) is 13.4. The second-order valence-corrected chi connectivity index (χ2v) is 5.62. The number of aromatic nitrogens is 2. The molecule has 0 fully saturated rings. The molecule has 0 aliphatic rings. The zero-order chi connectivity index (χ0) is 15.9. The van der Waals surface area contributed by atoms with Crippen LogP contribution in [-0.4, -0.2) is 15.1 Å². The van der Waals surface area contributed by atoms with Gasteiger partial charge in [-0.3, -0.25) is 4.79 Å².